The van der Waals surface area contributed by atoms with Gasteiger partial charge in [0.05, 0.1) is 0 Å². The maximum Gasteiger partial charge on any atom is 2.00 e. The minimum atomic E-state index is -0.856. The maximum atomic E-state index is 2.65. The molecule has 0 N–H and O–H groups in total. The van der Waals surface area contributed by atoms with Crippen molar-refractivity contribution in [2.24, 2.45) is 0 Å². The van der Waals surface area contributed by atoms with E-state index in [1.54, 1.807) is 0 Å². The van der Waals surface area contributed by atoms with E-state index in [1.165, 1.54) is 0 Å². The molecule has 0 nitrogen and oxygen atoms in total. The Kier molecular flexibility index (Phi) is 12.8. The predicted molar refractivity (Wildman–Crippen MR) is 108 cm³/mol. The minimum Gasteiger partial charge on any atom is -0.327 e. The summed E-state index contributed by atoms with van der Waals surface area (Å²) in [6.45, 7) is 28.9. The number of rotatable bonds is 4. The quantitative estimate of drug-likeness (QED) is 0.459. The van der Waals surface area contributed by atoms with Gasteiger partial charge in [0.2, 0.25) is 0 Å². The molecule has 0 aromatic rings. The fourth-order valence-electron chi connectivity index (χ4n) is 2.60. The van der Waals surface area contributed by atoms with Gasteiger partial charge >= 0.3 is 37.7 Å². The van der Waals surface area contributed by atoms with Crippen LogP contribution in [0.1, 0.15) is 0 Å². The molecule has 0 aliphatic carbocycles. The fraction of sp³-hybridized carbons (Fsp3) is 0.857. The molecule has 19 heavy (non-hydrogen) atoms. The molecule has 0 fully saturated rings. The zero-order valence-corrected chi connectivity index (χ0v) is 22.1. The van der Waals surface area contributed by atoms with E-state index in [0.717, 1.165) is 0 Å². The summed E-state index contributed by atoms with van der Waals surface area (Å²) >= 11 is 0. The first kappa shape index (κ1) is 26.0. The second-order valence-electron chi connectivity index (χ2n) is 9.75. The summed E-state index contributed by atoms with van der Waals surface area (Å²) in [4.78, 5) is 0. The fourth-order valence-corrected chi connectivity index (χ4v) is 23.4. The van der Waals surface area contributed by atoms with Gasteiger partial charge in [-0.1, -0.05) is 78.6 Å². The summed E-state index contributed by atoms with van der Waals surface area (Å²) < 4.78 is 0. The van der Waals surface area contributed by atoms with Gasteiger partial charge in [0.15, 0.2) is 0 Å². The molecule has 0 atom stereocenters. The molecule has 0 aromatic carbocycles. The standard InChI is InChI=1S/2C7H19Si2.Ca/c2*1-8(2,3)7-9(4,5)6;/h2*7H,1-6H3;/q2*-1;+2. The number of hydrogen-bond donors (Lipinski definition) is 0. The Balaban J connectivity index is -0.000000256. The van der Waals surface area contributed by atoms with Gasteiger partial charge in [0, 0.05) is 0 Å². The van der Waals surface area contributed by atoms with Gasteiger partial charge in [-0.25, -0.2) is 0 Å². The van der Waals surface area contributed by atoms with Crippen LogP contribution in [0.3, 0.4) is 0 Å². The monoisotopic (exact) mass is 358 g/mol. The van der Waals surface area contributed by atoms with Crippen LogP contribution in [0, 0.1) is 11.3 Å². The molecule has 0 aliphatic rings. The third-order valence-corrected chi connectivity index (χ3v) is 15.6. The van der Waals surface area contributed by atoms with Crippen LogP contribution in [0.25, 0.3) is 0 Å². The van der Waals surface area contributed by atoms with Gasteiger partial charge in [-0.3, -0.25) is 0 Å². The topological polar surface area (TPSA) is 0 Å². The van der Waals surface area contributed by atoms with Crippen LogP contribution < -0.4 is 0 Å². The Hall–Kier alpha value is 2.13. The Morgan fingerprint density at radius 3 is 0.474 bits per heavy atom. The molecule has 5 heteroatoms. The molecule has 0 heterocycles. The van der Waals surface area contributed by atoms with E-state index < -0.39 is 32.3 Å². The second kappa shape index (κ2) is 9.31. The Bertz CT molecular complexity index is 176. The van der Waals surface area contributed by atoms with Gasteiger partial charge in [0.1, 0.15) is 0 Å². The summed E-state index contributed by atoms with van der Waals surface area (Å²) in [5, 5.41) is 0. The Morgan fingerprint density at radius 1 is 0.368 bits per heavy atom. The Morgan fingerprint density at radius 2 is 0.474 bits per heavy atom. The van der Waals surface area contributed by atoms with Gasteiger partial charge in [-0.15, -0.1) is 32.3 Å². The van der Waals surface area contributed by atoms with E-state index in [9.17, 15) is 0 Å². The van der Waals surface area contributed by atoms with E-state index >= 15 is 0 Å². The minimum absolute atomic E-state index is 0. The van der Waals surface area contributed by atoms with Crippen molar-refractivity contribution in [3.63, 3.8) is 0 Å². The first-order valence-corrected chi connectivity index (χ1v) is 21.5. The van der Waals surface area contributed by atoms with Crippen LogP contribution in [0.5, 0.6) is 0 Å². The van der Waals surface area contributed by atoms with Crippen molar-refractivity contribution in [3.8, 4) is 0 Å². The zero-order chi connectivity index (χ0) is 15.4. The van der Waals surface area contributed by atoms with Crippen molar-refractivity contribution in [3.05, 3.63) is 11.3 Å². The van der Waals surface area contributed by atoms with E-state index in [1.807, 2.05) is 0 Å². The van der Waals surface area contributed by atoms with Crippen LogP contribution in [0.15, 0.2) is 0 Å². The molecule has 0 saturated heterocycles. The molecule has 0 aliphatic heterocycles. The zero-order valence-electron chi connectivity index (χ0n) is 15.9. The van der Waals surface area contributed by atoms with Crippen molar-refractivity contribution in [2.45, 2.75) is 78.6 Å². The first-order chi connectivity index (χ1) is 7.41. The SMILES string of the molecule is C[Si](C)(C)[CH-][Si](C)(C)C.C[Si](C)(C)[CH-][Si](C)(C)C.[Ca+2]. The van der Waals surface area contributed by atoms with Crippen molar-refractivity contribution in [1.82, 2.24) is 0 Å². The van der Waals surface area contributed by atoms with E-state index in [4.69, 9.17) is 0 Å². The third kappa shape index (κ3) is 33.1. The molecule has 112 valence electrons. The van der Waals surface area contributed by atoms with E-state index in [-0.39, 0.29) is 37.7 Å². The molecular weight excluding hydrogens is 321 g/mol. The molecular formula is C14H38CaSi4. The first-order valence-electron chi connectivity index (χ1n) is 7.15. The van der Waals surface area contributed by atoms with Crippen LogP contribution in [-0.4, -0.2) is 70.0 Å². The van der Waals surface area contributed by atoms with Crippen molar-refractivity contribution in [1.29, 1.82) is 0 Å². The van der Waals surface area contributed by atoms with Gasteiger partial charge in [0.25, 0.3) is 0 Å². The van der Waals surface area contributed by atoms with Gasteiger partial charge in [-0.05, 0) is 0 Å². The average molecular weight is 359 g/mol. The maximum absolute atomic E-state index is 2.65. The molecule has 0 bridgehead atoms. The molecule has 0 spiro atoms. The molecule has 0 unspecified atom stereocenters. The second-order valence-corrected chi connectivity index (χ2v) is 31.0. The molecule has 0 saturated carbocycles. The summed E-state index contributed by atoms with van der Waals surface area (Å²) in [6, 6.07) is 0. The van der Waals surface area contributed by atoms with Crippen LogP contribution in [0.4, 0.5) is 0 Å². The predicted octanol–water partition coefficient (Wildman–Crippen LogP) is 5.51. The van der Waals surface area contributed by atoms with Crippen molar-refractivity contribution >= 4 is 70.0 Å². The molecule has 0 radical (unpaired) electrons. The van der Waals surface area contributed by atoms with Gasteiger partial charge < -0.3 is 11.3 Å². The third-order valence-electron chi connectivity index (χ3n) is 1.73. The normalized spacial score (nSPS) is 13.3. The number of hydrogen-bond acceptors (Lipinski definition) is 0. The Labute approximate surface area is 158 Å². The molecule has 0 rings (SSSR count). The van der Waals surface area contributed by atoms with Crippen molar-refractivity contribution < 1.29 is 0 Å². The van der Waals surface area contributed by atoms with Crippen LogP contribution >= 0.6 is 0 Å². The largest absolute Gasteiger partial charge is 2.00 e. The van der Waals surface area contributed by atoms with E-state index in [2.05, 4.69) is 89.9 Å². The molecule has 0 amide bonds. The van der Waals surface area contributed by atoms with E-state index in [0.29, 0.717) is 0 Å². The van der Waals surface area contributed by atoms with Crippen LogP contribution in [-0.2, 0) is 0 Å². The summed E-state index contributed by atoms with van der Waals surface area (Å²) in [7, 11) is -3.42. The average Bonchev–Trinajstić information content (AvgIpc) is 1.64. The summed E-state index contributed by atoms with van der Waals surface area (Å²) in [6.07, 6.45) is 0. The van der Waals surface area contributed by atoms with Crippen molar-refractivity contribution in [2.75, 3.05) is 0 Å². The molecule has 0 aromatic heterocycles. The smallest absolute Gasteiger partial charge is 0.327 e. The van der Waals surface area contributed by atoms with Crippen LogP contribution in [0.2, 0.25) is 78.6 Å². The summed E-state index contributed by atoms with van der Waals surface area (Å²) in [5.41, 5.74) is 5.31. The van der Waals surface area contributed by atoms with Gasteiger partial charge in [-0.2, -0.15) is 0 Å². The summed E-state index contributed by atoms with van der Waals surface area (Å²) in [5.74, 6) is 0.